The first-order valence-corrected chi connectivity index (χ1v) is 10.5. The first kappa shape index (κ1) is 20.0. The van der Waals surface area contributed by atoms with Crippen LogP contribution in [0.5, 0.6) is 0 Å². The Morgan fingerprint density at radius 3 is 2.69 bits per heavy atom. The Balaban J connectivity index is 1.65. The van der Waals surface area contributed by atoms with Crippen molar-refractivity contribution < 1.29 is 18.0 Å². The molecule has 152 valence electrons. The van der Waals surface area contributed by atoms with E-state index in [4.69, 9.17) is 0 Å². The van der Waals surface area contributed by atoms with E-state index in [1.165, 1.54) is 11.3 Å². The van der Waals surface area contributed by atoms with E-state index >= 15 is 0 Å². The molecule has 0 spiro atoms. The van der Waals surface area contributed by atoms with Crippen LogP contribution in [0, 0.1) is 0 Å². The molecule has 0 radical (unpaired) electrons. The second kappa shape index (κ2) is 7.83. The monoisotopic (exact) mass is 484 g/mol. The molecule has 2 N–H and O–H groups in total. The minimum Gasteiger partial charge on any atom is -0.362 e. The van der Waals surface area contributed by atoms with E-state index in [0.717, 1.165) is 15.1 Å². The Kier molecular flexibility index (Phi) is 5.39. The van der Waals surface area contributed by atoms with Gasteiger partial charge in [0.25, 0.3) is 5.91 Å². The van der Waals surface area contributed by atoms with Crippen LogP contribution in [0.4, 0.5) is 19.0 Å². The van der Waals surface area contributed by atoms with Crippen LogP contribution in [0.1, 0.15) is 39.4 Å². The maximum atomic E-state index is 13.8. The Morgan fingerprint density at radius 2 is 2.03 bits per heavy atom. The van der Waals surface area contributed by atoms with Gasteiger partial charge in [0.1, 0.15) is 5.82 Å². The summed E-state index contributed by atoms with van der Waals surface area (Å²) >= 11 is 4.76. The molecule has 2 atom stereocenters. The van der Waals surface area contributed by atoms with Crippen LogP contribution in [0.3, 0.4) is 0 Å². The van der Waals surface area contributed by atoms with Crippen molar-refractivity contribution in [3.05, 3.63) is 68.5 Å². The average molecular weight is 485 g/mol. The third-order valence-corrected chi connectivity index (χ3v) is 6.34. The van der Waals surface area contributed by atoms with E-state index in [2.05, 4.69) is 31.7 Å². The topological polar surface area (TPSA) is 59.0 Å². The predicted molar refractivity (Wildman–Crippen MR) is 108 cm³/mol. The van der Waals surface area contributed by atoms with Gasteiger partial charge in [-0.3, -0.25) is 4.79 Å². The number of hydrogen-bond acceptors (Lipinski definition) is 4. The van der Waals surface area contributed by atoms with Crippen LogP contribution < -0.4 is 10.6 Å². The van der Waals surface area contributed by atoms with Crippen molar-refractivity contribution in [3.63, 3.8) is 0 Å². The number of nitrogens with one attached hydrogen (secondary N) is 2. The lowest BCUT2D eigenvalue weighted by Gasteiger charge is -2.33. The summed E-state index contributed by atoms with van der Waals surface area (Å²) in [4.78, 5) is 13.5. The lowest BCUT2D eigenvalue weighted by molar-refractivity contribution is -0.173. The fraction of sp³-hybridized carbons (Fsp3) is 0.263. The molecule has 0 bridgehead atoms. The van der Waals surface area contributed by atoms with Crippen molar-refractivity contribution in [2.45, 2.75) is 31.2 Å². The number of hydrogen-bond donors (Lipinski definition) is 2. The fourth-order valence-corrected chi connectivity index (χ4v) is 4.50. The number of benzene rings is 1. The molecule has 0 aliphatic carbocycles. The Labute approximate surface area is 177 Å². The highest BCUT2D eigenvalue weighted by molar-refractivity contribution is 9.10. The number of fused-ring (bicyclic) bond motifs is 1. The maximum Gasteiger partial charge on any atom is 0.410 e. The van der Waals surface area contributed by atoms with Crippen molar-refractivity contribution in [1.29, 1.82) is 0 Å². The highest BCUT2D eigenvalue weighted by Crippen LogP contribution is 2.46. The number of nitrogens with zero attached hydrogens (tertiary/aromatic N) is 2. The molecule has 1 aliphatic heterocycles. The number of thiophene rings is 1. The second-order valence-electron chi connectivity index (χ2n) is 6.62. The quantitative estimate of drug-likeness (QED) is 0.528. The Hall–Kier alpha value is -2.33. The molecule has 0 fully saturated rings. The zero-order chi connectivity index (χ0) is 20.6. The number of amides is 1. The molecule has 2 aromatic heterocycles. The molecule has 3 heterocycles. The van der Waals surface area contributed by atoms with Gasteiger partial charge in [0.15, 0.2) is 11.7 Å². The van der Waals surface area contributed by atoms with Crippen LogP contribution >= 0.6 is 27.3 Å². The SMILES string of the molecule is O=C(NCc1cccs1)c1nn2c(c1Br)NC(c1ccccc1)CC2C(F)(F)F. The summed E-state index contributed by atoms with van der Waals surface area (Å²) in [5.74, 6) is -0.389. The number of anilines is 1. The number of alkyl halides is 3. The maximum absolute atomic E-state index is 13.8. The van der Waals surface area contributed by atoms with E-state index in [0.29, 0.717) is 0 Å². The summed E-state index contributed by atoms with van der Waals surface area (Å²) in [5, 5.41) is 11.7. The van der Waals surface area contributed by atoms with Crippen LogP contribution in [-0.4, -0.2) is 21.9 Å². The van der Waals surface area contributed by atoms with Gasteiger partial charge in [-0.1, -0.05) is 36.4 Å². The normalized spacial score (nSPS) is 18.8. The molecule has 2 unspecified atom stereocenters. The van der Waals surface area contributed by atoms with Gasteiger partial charge < -0.3 is 10.6 Å². The van der Waals surface area contributed by atoms with Crippen LogP contribution in [0.2, 0.25) is 0 Å². The number of carbonyl (C=O) groups excluding carboxylic acids is 1. The first-order chi connectivity index (χ1) is 13.8. The summed E-state index contributed by atoms with van der Waals surface area (Å²) in [5.41, 5.74) is 0.664. The Bertz CT molecular complexity index is 1000. The van der Waals surface area contributed by atoms with Gasteiger partial charge in [-0.15, -0.1) is 11.3 Å². The van der Waals surface area contributed by atoms with Crippen LogP contribution in [0.15, 0.2) is 52.3 Å². The molecular weight excluding hydrogens is 469 g/mol. The van der Waals surface area contributed by atoms with E-state index in [1.807, 2.05) is 23.6 Å². The molecule has 4 rings (SSSR count). The third kappa shape index (κ3) is 4.04. The largest absolute Gasteiger partial charge is 0.410 e. The molecule has 0 saturated carbocycles. The summed E-state index contributed by atoms with van der Waals surface area (Å²) < 4.78 is 42.4. The Morgan fingerprint density at radius 1 is 1.28 bits per heavy atom. The number of halogens is 4. The summed E-state index contributed by atoms with van der Waals surface area (Å²) in [6.07, 6.45) is -4.72. The molecule has 0 saturated heterocycles. The zero-order valence-corrected chi connectivity index (χ0v) is 17.3. The van der Waals surface area contributed by atoms with Gasteiger partial charge in [0, 0.05) is 11.3 Å². The van der Waals surface area contributed by atoms with Crippen molar-refractivity contribution in [1.82, 2.24) is 15.1 Å². The van der Waals surface area contributed by atoms with Crippen molar-refractivity contribution >= 4 is 39.0 Å². The van der Waals surface area contributed by atoms with Crippen LogP contribution in [-0.2, 0) is 6.54 Å². The number of carbonyl (C=O) groups is 1. The standard InChI is InChI=1S/C19H16BrF3N4OS/c20-15-16(18(28)24-10-12-7-4-8-29-12)26-27-14(19(21,22)23)9-13(25-17(15)27)11-5-2-1-3-6-11/h1-8,13-14,25H,9-10H2,(H,24,28). The van der Waals surface area contributed by atoms with Gasteiger partial charge >= 0.3 is 6.18 Å². The van der Waals surface area contributed by atoms with E-state index in [-0.39, 0.29) is 29.0 Å². The van der Waals surface area contributed by atoms with Gasteiger partial charge in [-0.05, 0) is 32.9 Å². The van der Waals surface area contributed by atoms with E-state index < -0.39 is 24.2 Å². The van der Waals surface area contributed by atoms with E-state index in [1.54, 1.807) is 24.3 Å². The van der Waals surface area contributed by atoms with Crippen molar-refractivity contribution in [3.8, 4) is 0 Å². The lowest BCUT2D eigenvalue weighted by Crippen LogP contribution is -2.35. The van der Waals surface area contributed by atoms with Gasteiger partial charge in [-0.25, -0.2) is 4.68 Å². The highest BCUT2D eigenvalue weighted by atomic mass is 79.9. The number of aromatic nitrogens is 2. The number of rotatable bonds is 4. The van der Waals surface area contributed by atoms with Gasteiger partial charge in [0.05, 0.1) is 17.1 Å². The van der Waals surface area contributed by atoms with E-state index in [9.17, 15) is 18.0 Å². The molecule has 29 heavy (non-hydrogen) atoms. The molecule has 1 amide bonds. The molecule has 5 nitrogen and oxygen atoms in total. The molecule has 10 heteroatoms. The predicted octanol–water partition coefficient (Wildman–Crippen LogP) is 5.30. The van der Waals surface area contributed by atoms with Crippen molar-refractivity contribution in [2.24, 2.45) is 0 Å². The summed E-state index contributed by atoms with van der Waals surface area (Å²) in [6.45, 7) is 0.286. The van der Waals surface area contributed by atoms with Gasteiger partial charge in [-0.2, -0.15) is 18.3 Å². The lowest BCUT2D eigenvalue weighted by atomic mass is 9.97. The fourth-order valence-electron chi connectivity index (χ4n) is 3.30. The molecule has 1 aliphatic rings. The summed E-state index contributed by atoms with van der Waals surface area (Å²) in [7, 11) is 0. The first-order valence-electron chi connectivity index (χ1n) is 8.81. The molecular formula is C19H16BrF3N4OS. The zero-order valence-electron chi connectivity index (χ0n) is 14.9. The summed E-state index contributed by atoms with van der Waals surface area (Å²) in [6, 6.07) is 10.3. The molecule has 1 aromatic carbocycles. The second-order valence-corrected chi connectivity index (χ2v) is 8.44. The van der Waals surface area contributed by atoms with Gasteiger partial charge in [0.2, 0.25) is 0 Å². The highest BCUT2D eigenvalue weighted by Gasteiger charge is 2.47. The smallest absolute Gasteiger partial charge is 0.362 e. The third-order valence-electron chi connectivity index (χ3n) is 4.72. The average Bonchev–Trinajstić information content (AvgIpc) is 3.33. The van der Waals surface area contributed by atoms with Crippen LogP contribution in [0.25, 0.3) is 0 Å². The minimum atomic E-state index is -4.50. The van der Waals surface area contributed by atoms with Crippen molar-refractivity contribution in [2.75, 3.05) is 5.32 Å². The minimum absolute atomic E-state index is 0.0768. The molecule has 3 aromatic rings.